The highest BCUT2D eigenvalue weighted by Crippen LogP contribution is 2.22. The van der Waals surface area contributed by atoms with Crippen LogP contribution in [0.1, 0.15) is 23.4 Å². The molecule has 1 atom stereocenters. The van der Waals surface area contributed by atoms with E-state index in [1.807, 2.05) is 30.3 Å². The third kappa shape index (κ3) is 3.17. The Labute approximate surface area is 139 Å². The highest BCUT2D eigenvalue weighted by molar-refractivity contribution is 6.30. The molecule has 1 aromatic heterocycles. The Kier molecular flexibility index (Phi) is 4.37. The van der Waals surface area contributed by atoms with Gasteiger partial charge in [0, 0.05) is 6.20 Å². The number of carbonyl (C=O) groups is 2. The molecule has 1 unspecified atom stereocenters. The Balaban J connectivity index is 1.78. The maximum atomic E-state index is 12.5. The van der Waals surface area contributed by atoms with E-state index in [4.69, 9.17) is 0 Å². The standard InChI is InChI=1S/C18H17N3O3/c1-11-9-20-14(10-19-11)17(23)15-16(22)13(21-18(15)24)8-7-12-5-3-2-4-6-12/h2-6,9-10,13,23H,7-8H2,1H3,(H,21,24)/b17-15+. The number of aromatic nitrogens is 2. The minimum atomic E-state index is -0.631. The zero-order chi connectivity index (χ0) is 17.1. The first-order valence-corrected chi connectivity index (χ1v) is 7.67. The second-order valence-electron chi connectivity index (χ2n) is 5.68. The molecule has 2 heterocycles. The molecule has 0 spiro atoms. The summed E-state index contributed by atoms with van der Waals surface area (Å²) in [5.41, 5.74) is 1.64. The summed E-state index contributed by atoms with van der Waals surface area (Å²) in [7, 11) is 0. The van der Waals surface area contributed by atoms with E-state index >= 15 is 0 Å². The summed E-state index contributed by atoms with van der Waals surface area (Å²) < 4.78 is 0. The quantitative estimate of drug-likeness (QED) is 0.508. The number of nitrogens with zero attached hydrogens (tertiary/aromatic N) is 2. The van der Waals surface area contributed by atoms with Crippen molar-refractivity contribution in [1.82, 2.24) is 15.3 Å². The Morgan fingerprint density at radius 1 is 1.17 bits per heavy atom. The van der Waals surface area contributed by atoms with Gasteiger partial charge in [0.15, 0.2) is 11.5 Å². The molecule has 1 aromatic carbocycles. The topological polar surface area (TPSA) is 92.2 Å². The average molecular weight is 323 g/mol. The summed E-state index contributed by atoms with van der Waals surface area (Å²) in [4.78, 5) is 32.6. The van der Waals surface area contributed by atoms with Crippen LogP contribution in [-0.4, -0.2) is 32.8 Å². The molecule has 0 radical (unpaired) electrons. The predicted octanol–water partition coefficient (Wildman–Crippen LogP) is 1.75. The van der Waals surface area contributed by atoms with E-state index in [2.05, 4.69) is 15.3 Å². The van der Waals surface area contributed by atoms with E-state index in [-0.39, 0.29) is 11.3 Å². The zero-order valence-corrected chi connectivity index (χ0v) is 13.2. The van der Waals surface area contributed by atoms with Crippen LogP contribution < -0.4 is 5.32 Å². The van der Waals surface area contributed by atoms with Crippen molar-refractivity contribution >= 4 is 17.4 Å². The van der Waals surface area contributed by atoms with Crippen LogP contribution in [0.15, 0.2) is 48.3 Å². The molecular formula is C18H17N3O3. The van der Waals surface area contributed by atoms with Gasteiger partial charge in [-0.25, -0.2) is 4.98 Å². The van der Waals surface area contributed by atoms with Crippen LogP contribution in [-0.2, 0) is 16.0 Å². The SMILES string of the molecule is Cc1cnc(/C(O)=C2\C(=O)NC(CCc3ccccc3)C2=O)cn1. The largest absolute Gasteiger partial charge is 0.505 e. The number of Topliss-reactive ketones (excluding diaryl/α,β-unsaturated/α-hetero) is 1. The van der Waals surface area contributed by atoms with Gasteiger partial charge in [0.05, 0.1) is 17.9 Å². The van der Waals surface area contributed by atoms with Gasteiger partial charge in [-0.15, -0.1) is 0 Å². The first-order valence-electron chi connectivity index (χ1n) is 7.67. The van der Waals surface area contributed by atoms with Crippen LogP contribution in [0.4, 0.5) is 0 Å². The van der Waals surface area contributed by atoms with E-state index in [1.54, 1.807) is 6.92 Å². The summed E-state index contributed by atoms with van der Waals surface area (Å²) in [5.74, 6) is -1.40. The number of aryl methyl sites for hydroxylation is 2. The van der Waals surface area contributed by atoms with Gasteiger partial charge in [-0.1, -0.05) is 30.3 Å². The van der Waals surface area contributed by atoms with Gasteiger partial charge in [0.2, 0.25) is 0 Å². The predicted molar refractivity (Wildman–Crippen MR) is 88.0 cm³/mol. The number of benzene rings is 1. The second-order valence-corrected chi connectivity index (χ2v) is 5.68. The minimum absolute atomic E-state index is 0.114. The van der Waals surface area contributed by atoms with Crippen LogP contribution in [0.2, 0.25) is 0 Å². The van der Waals surface area contributed by atoms with Crippen molar-refractivity contribution in [1.29, 1.82) is 0 Å². The van der Waals surface area contributed by atoms with E-state index in [0.717, 1.165) is 5.56 Å². The van der Waals surface area contributed by atoms with Gasteiger partial charge >= 0.3 is 0 Å². The number of aliphatic hydroxyl groups excluding tert-OH is 1. The van der Waals surface area contributed by atoms with Crippen molar-refractivity contribution in [2.75, 3.05) is 0 Å². The smallest absolute Gasteiger partial charge is 0.259 e. The van der Waals surface area contributed by atoms with E-state index in [1.165, 1.54) is 12.4 Å². The summed E-state index contributed by atoms with van der Waals surface area (Å²) in [6.45, 7) is 1.76. The van der Waals surface area contributed by atoms with E-state index in [0.29, 0.717) is 18.5 Å². The van der Waals surface area contributed by atoms with Crippen molar-refractivity contribution in [2.24, 2.45) is 0 Å². The molecule has 1 aliphatic rings. The van der Waals surface area contributed by atoms with Gasteiger partial charge in [-0.3, -0.25) is 14.6 Å². The van der Waals surface area contributed by atoms with Gasteiger partial charge in [0.25, 0.3) is 5.91 Å². The highest BCUT2D eigenvalue weighted by atomic mass is 16.3. The molecular weight excluding hydrogens is 306 g/mol. The van der Waals surface area contributed by atoms with Crippen LogP contribution in [0.3, 0.4) is 0 Å². The molecule has 1 aliphatic heterocycles. The third-order valence-corrected chi connectivity index (χ3v) is 3.92. The fourth-order valence-electron chi connectivity index (χ4n) is 2.61. The van der Waals surface area contributed by atoms with Gasteiger partial charge < -0.3 is 10.4 Å². The Hall–Kier alpha value is -3.02. The molecule has 122 valence electrons. The highest BCUT2D eigenvalue weighted by Gasteiger charge is 2.38. The number of rotatable bonds is 4. The summed E-state index contributed by atoms with van der Waals surface area (Å²) >= 11 is 0. The normalized spacial score (nSPS) is 19.3. The fourth-order valence-corrected chi connectivity index (χ4v) is 2.61. The molecule has 3 rings (SSSR count). The zero-order valence-electron chi connectivity index (χ0n) is 13.2. The van der Waals surface area contributed by atoms with Crippen molar-refractivity contribution in [2.45, 2.75) is 25.8 Å². The van der Waals surface area contributed by atoms with Crippen molar-refractivity contribution in [3.8, 4) is 0 Å². The number of nitrogens with one attached hydrogen (secondary N) is 1. The number of amides is 1. The Morgan fingerprint density at radius 3 is 2.58 bits per heavy atom. The monoisotopic (exact) mass is 323 g/mol. The lowest BCUT2D eigenvalue weighted by Gasteiger charge is -2.07. The fraction of sp³-hybridized carbons (Fsp3) is 0.222. The number of aliphatic hydroxyl groups is 1. The summed E-state index contributed by atoms with van der Waals surface area (Å²) in [6.07, 6.45) is 3.95. The lowest BCUT2D eigenvalue weighted by atomic mass is 10.0. The summed E-state index contributed by atoms with van der Waals surface area (Å²) in [5, 5.41) is 12.9. The second kappa shape index (κ2) is 6.62. The lowest BCUT2D eigenvalue weighted by molar-refractivity contribution is -0.117. The molecule has 0 saturated carbocycles. The van der Waals surface area contributed by atoms with Crippen LogP contribution in [0, 0.1) is 6.92 Å². The van der Waals surface area contributed by atoms with Gasteiger partial charge in [-0.05, 0) is 25.3 Å². The molecule has 2 N–H and O–H groups in total. The molecule has 6 heteroatoms. The first-order chi connectivity index (χ1) is 11.6. The number of hydrogen-bond acceptors (Lipinski definition) is 5. The van der Waals surface area contributed by atoms with Gasteiger partial charge in [0.1, 0.15) is 11.3 Å². The molecule has 1 amide bonds. The molecule has 2 aromatic rings. The molecule has 1 fully saturated rings. The van der Waals surface area contributed by atoms with Crippen molar-refractivity contribution in [3.63, 3.8) is 0 Å². The Bertz CT molecular complexity index is 798. The molecule has 0 bridgehead atoms. The maximum Gasteiger partial charge on any atom is 0.259 e. The van der Waals surface area contributed by atoms with Crippen molar-refractivity contribution in [3.05, 3.63) is 65.2 Å². The molecule has 0 aliphatic carbocycles. The third-order valence-electron chi connectivity index (χ3n) is 3.92. The molecule has 1 saturated heterocycles. The van der Waals surface area contributed by atoms with Gasteiger partial charge in [-0.2, -0.15) is 0 Å². The maximum absolute atomic E-state index is 12.5. The average Bonchev–Trinajstić information content (AvgIpc) is 2.88. The van der Waals surface area contributed by atoms with Crippen LogP contribution in [0.5, 0.6) is 0 Å². The minimum Gasteiger partial charge on any atom is -0.505 e. The number of hydrogen-bond donors (Lipinski definition) is 2. The molecule has 24 heavy (non-hydrogen) atoms. The van der Waals surface area contributed by atoms with Crippen LogP contribution >= 0.6 is 0 Å². The number of ketones is 1. The molecule has 6 nitrogen and oxygen atoms in total. The first kappa shape index (κ1) is 15.9. The number of carbonyl (C=O) groups excluding carboxylic acids is 2. The van der Waals surface area contributed by atoms with E-state index < -0.39 is 23.5 Å². The van der Waals surface area contributed by atoms with E-state index in [9.17, 15) is 14.7 Å². The van der Waals surface area contributed by atoms with Crippen molar-refractivity contribution < 1.29 is 14.7 Å². The summed E-state index contributed by atoms with van der Waals surface area (Å²) in [6, 6.07) is 9.09. The lowest BCUT2D eigenvalue weighted by Crippen LogP contribution is -2.29. The Morgan fingerprint density at radius 2 is 1.92 bits per heavy atom. The van der Waals surface area contributed by atoms with Crippen LogP contribution in [0.25, 0.3) is 5.76 Å².